The van der Waals surface area contributed by atoms with Crippen LogP contribution >= 0.6 is 0 Å². The maximum atomic E-state index is 11.7. The second kappa shape index (κ2) is 9.36. The van der Waals surface area contributed by atoms with Crippen molar-refractivity contribution < 1.29 is 27.4 Å². The van der Waals surface area contributed by atoms with Gasteiger partial charge in [-0.3, -0.25) is 4.72 Å². The average Bonchev–Trinajstić information content (AvgIpc) is 3.07. The summed E-state index contributed by atoms with van der Waals surface area (Å²) in [5.41, 5.74) is 0.626. The molecule has 0 saturated heterocycles. The maximum absolute atomic E-state index is 11.7. The molecule has 0 unspecified atom stereocenters. The Morgan fingerprint density at radius 2 is 1.76 bits per heavy atom. The molecule has 2 rings (SSSR count). The fraction of sp³-hybridized carbons (Fsp3) is 0.562. The van der Waals surface area contributed by atoms with E-state index in [-0.39, 0.29) is 17.2 Å². The van der Waals surface area contributed by atoms with Gasteiger partial charge < -0.3 is 18.9 Å². The molecule has 0 fully saturated rings. The number of hydrogen-bond donors (Lipinski definition) is 1. The van der Waals surface area contributed by atoms with Crippen LogP contribution in [0.4, 0.5) is 5.69 Å². The quantitative estimate of drug-likeness (QED) is 0.821. The number of sulfonamides is 1. The van der Waals surface area contributed by atoms with Crippen LogP contribution in [0.1, 0.15) is 25.8 Å². The molecule has 0 bridgehead atoms. The molecule has 0 aliphatic carbocycles. The third-order valence-corrected chi connectivity index (χ3v) is 3.51. The standard InChI is InChI=1S/C13H18N2O6S.C3H8/c1-18-9-7-8(13-14-5-6-21-13)10(15-22(4,16)17)12(20-3)11(9)19-2;1-3-2/h7,15H,5-6H2,1-4H3;3H2,1-2H3. The van der Waals surface area contributed by atoms with E-state index in [1.165, 1.54) is 27.8 Å². The first kappa shape index (κ1) is 20.9. The normalized spacial score (nSPS) is 13.1. The smallest absolute Gasteiger partial charge is 0.229 e. The number of nitrogens with zero attached hydrogens (tertiary/aromatic N) is 1. The topological polar surface area (TPSA) is 95.5 Å². The van der Waals surface area contributed by atoms with Crippen LogP contribution in [0.15, 0.2) is 11.1 Å². The number of nitrogens with one attached hydrogen (secondary N) is 1. The number of anilines is 1. The minimum atomic E-state index is -3.54. The Bertz CT molecular complexity index is 716. The molecule has 1 aromatic carbocycles. The predicted octanol–water partition coefficient (Wildman–Crippen LogP) is 2.28. The van der Waals surface area contributed by atoms with Crippen LogP contribution in [0, 0.1) is 0 Å². The molecule has 0 atom stereocenters. The third-order valence-electron chi connectivity index (χ3n) is 2.93. The van der Waals surface area contributed by atoms with Crippen LogP contribution in [-0.2, 0) is 14.8 Å². The monoisotopic (exact) mass is 374 g/mol. The van der Waals surface area contributed by atoms with Crippen molar-refractivity contribution in [2.24, 2.45) is 4.99 Å². The van der Waals surface area contributed by atoms with Crippen molar-refractivity contribution in [3.63, 3.8) is 0 Å². The molecule has 1 aliphatic heterocycles. The maximum Gasteiger partial charge on any atom is 0.229 e. The summed E-state index contributed by atoms with van der Waals surface area (Å²) in [6, 6.07) is 1.60. The zero-order valence-corrected chi connectivity index (χ0v) is 16.3. The molecule has 25 heavy (non-hydrogen) atoms. The SMILES string of the molecule is CCC.COc1cc(C2=NCCO2)c(NS(C)(=O)=O)c(OC)c1OC. The molecule has 142 valence electrons. The summed E-state index contributed by atoms with van der Waals surface area (Å²) in [5, 5.41) is 0. The molecular formula is C16H26N2O6S. The summed E-state index contributed by atoms with van der Waals surface area (Å²) in [6.07, 6.45) is 2.30. The molecule has 0 radical (unpaired) electrons. The highest BCUT2D eigenvalue weighted by molar-refractivity contribution is 7.92. The number of ether oxygens (including phenoxy) is 4. The van der Waals surface area contributed by atoms with Crippen LogP contribution < -0.4 is 18.9 Å². The van der Waals surface area contributed by atoms with Gasteiger partial charge in [-0.25, -0.2) is 13.4 Å². The Morgan fingerprint density at radius 1 is 1.16 bits per heavy atom. The average molecular weight is 374 g/mol. The molecule has 1 aliphatic rings. The molecular weight excluding hydrogens is 348 g/mol. The van der Waals surface area contributed by atoms with Gasteiger partial charge in [-0.05, 0) is 6.07 Å². The van der Waals surface area contributed by atoms with E-state index in [2.05, 4.69) is 23.6 Å². The molecule has 1 aromatic rings. The molecule has 9 heteroatoms. The van der Waals surface area contributed by atoms with Crippen LogP contribution in [0.25, 0.3) is 0 Å². The van der Waals surface area contributed by atoms with Crippen molar-refractivity contribution in [2.75, 3.05) is 45.5 Å². The minimum absolute atomic E-state index is 0.195. The Morgan fingerprint density at radius 3 is 2.16 bits per heavy atom. The summed E-state index contributed by atoms with van der Waals surface area (Å²) in [4.78, 5) is 4.21. The van der Waals surface area contributed by atoms with Crippen molar-refractivity contribution in [3.05, 3.63) is 11.6 Å². The lowest BCUT2D eigenvalue weighted by Crippen LogP contribution is -2.16. The molecule has 1 heterocycles. The first-order chi connectivity index (χ1) is 11.8. The van der Waals surface area contributed by atoms with Gasteiger partial charge in [-0.1, -0.05) is 20.3 Å². The Labute approximate surface area is 149 Å². The van der Waals surface area contributed by atoms with Gasteiger partial charge in [0.2, 0.25) is 21.7 Å². The lowest BCUT2D eigenvalue weighted by molar-refractivity contribution is 0.324. The van der Waals surface area contributed by atoms with E-state index in [0.29, 0.717) is 30.4 Å². The molecule has 8 nitrogen and oxygen atoms in total. The molecule has 0 spiro atoms. The van der Waals surface area contributed by atoms with Crippen molar-refractivity contribution in [2.45, 2.75) is 20.3 Å². The van der Waals surface area contributed by atoms with Gasteiger partial charge in [0.25, 0.3) is 0 Å². The number of benzene rings is 1. The molecule has 0 amide bonds. The van der Waals surface area contributed by atoms with Crippen LogP contribution in [0.2, 0.25) is 0 Å². The minimum Gasteiger partial charge on any atom is -0.493 e. The van der Waals surface area contributed by atoms with E-state index < -0.39 is 10.0 Å². The largest absolute Gasteiger partial charge is 0.493 e. The lowest BCUT2D eigenvalue weighted by atomic mass is 10.1. The zero-order valence-electron chi connectivity index (χ0n) is 15.5. The third kappa shape index (κ3) is 5.42. The van der Waals surface area contributed by atoms with Crippen molar-refractivity contribution in [1.29, 1.82) is 0 Å². The van der Waals surface area contributed by atoms with Gasteiger partial charge in [0.05, 0.1) is 39.7 Å². The fourth-order valence-corrected chi connectivity index (χ4v) is 2.68. The van der Waals surface area contributed by atoms with Gasteiger partial charge in [-0.15, -0.1) is 0 Å². The van der Waals surface area contributed by atoms with E-state index >= 15 is 0 Å². The first-order valence-corrected chi connectivity index (χ1v) is 9.70. The fourth-order valence-electron chi connectivity index (χ4n) is 2.11. The summed E-state index contributed by atoms with van der Waals surface area (Å²) < 4.78 is 47.0. The van der Waals surface area contributed by atoms with Gasteiger partial charge in [0.1, 0.15) is 12.3 Å². The second-order valence-corrected chi connectivity index (χ2v) is 6.93. The number of hydrogen-bond acceptors (Lipinski definition) is 7. The molecule has 0 aromatic heterocycles. The van der Waals surface area contributed by atoms with E-state index in [9.17, 15) is 8.42 Å². The van der Waals surface area contributed by atoms with Crippen molar-refractivity contribution >= 4 is 21.6 Å². The number of methoxy groups -OCH3 is 3. The number of rotatable bonds is 6. The van der Waals surface area contributed by atoms with E-state index in [1.807, 2.05) is 0 Å². The predicted molar refractivity (Wildman–Crippen MR) is 97.9 cm³/mol. The molecule has 0 saturated carbocycles. The number of aliphatic imine (C=N–C) groups is 1. The van der Waals surface area contributed by atoms with Crippen LogP contribution in [0.5, 0.6) is 17.2 Å². The van der Waals surface area contributed by atoms with Gasteiger partial charge in [-0.2, -0.15) is 0 Å². The van der Waals surface area contributed by atoms with E-state index in [1.54, 1.807) is 6.07 Å². The van der Waals surface area contributed by atoms with E-state index in [4.69, 9.17) is 18.9 Å². The Kier molecular flexibility index (Phi) is 7.82. The van der Waals surface area contributed by atoms with Gasteiger partial charge in [0.15, 0.2) is 11.5 Å². The highest BCUT2D eigenvalue weighted by Gasteiger charge is 2.27. The van der Waals surface area contributed by atoms with Crippen molar-refractivity contribution in [1.82, 2.24) is 0 Å². The summed E-state index contributed by atoms with van der Waals surface area (Å²) in [7, 11) is 0.778. The van der Waals surface area contributed by atoms with Crippen LogP contribution in [-0.4, -0.2) is 55.1 Å². The highest BCUT2D eigenvalue weighted by atomic mass is 32.2. The summed E-state index contributed by atoms with van der Waals surface area (Å²) >= 11 is 0. The Hall–Kier alpha value is -2.16. The van der Waals surface area contributed by atoms with Crippen molar-refractivity contribution in [3.8, 4) is 17.2 Å². The summed E-state index contributed by atoms with van der Waals surface area (Å²) in [6.45, 7) is 5.19. The van der Waals surface area contributed by atoms with E-state index in [0.717, 1.165) is 6.26 Å². The van der Waals surface area contributed by atoms with Gasteiger partial charge >= 0.3 is 0 Å². The highest BCUT2D eigenvalue weighted by Crippen LogP contribution is 2.46. The van der Waals surface area contributed by atoms with Gasteiger partial charge in [0, 0.05) is 0 Å². The zero-order chi connectivity index (χ0) is 19.0. The molecule has 1 N–H and O–H groups in total. The lowest BCUT2D eigenvalue weighted by Gasteiger charge is -2.19. The van der Waals surface area contributed by atoms with Crippen LogP contribution in [0.3, 0.4) is 0 Å². The first-order valence-electron chi connectivity index (χ1n) is 7.81. The summed E-state index contributed by atoms with van der Waals surface area (Å²) in [5.74, 6) is 1.18. The Balaban J connectivity index is 0.000000970. The second-order valence-electron chi connectivity index (χ2n) is 5.18.